The van der Waals surface area contributed by atoms with E-state index in [9.17, 15) is 4.79 Å². The molecule has 0 fully saturated rings. The Morgan fingerprint density at radius 2 is 2.25 bits per heavy atom. The molecule has 0 rings (SSSR count). The summed E-state index contributed by atoms with van der Waals surface area (Å²) >= 11 is 0. The van der Waals surface area contributed by atoms with Gasteiger partial charge in [0.1, 0.15) is 6.17 Å². The lowest BCUT2D eigenvalue weighted by Gasteiger charge is -2.06. The fraction of sp³-hybridized carbons (Fsp3) is 0.750. The summed E-state index contributed by atoms with van der Waals surface area (Å²) in [6.07, 6.45) is -0.583. The Hall–Kier alpha value is -0.450. The standard InChI is InChI=1S/C4H11N3O/c1-3(8)4(5)7-6-2/h4,6-7H,5H2,1-2H3. The monoisotopic (exact) mass is 117 g/mol. The van der Waals surface area contributed by atoms with E-state index in [1.807, 2.05) is 0 Å². The first-order chi connectivity index (χ1) is 3.68. The maximum Gasteiger partial charge on any atom is 0.162 e. The lowest BCUT2D eigenvalue weighted by Crippen LogP contribution is -2.48. The Labute approximate surface area is 48.4 Å². The van der Waals surface area contributed by atoms with Gasteiger partial charge < -0.3 is 5.73 Å². The average Bonchev–Trinajstić information content (AvgIpc) is 1.67. The van der Waals surface area contributed by atoms with E-state index in [4.69, 9.17) is 5.73 Å². The van der Waals surface area contributed by atoms with E-state index in [0.717, 1.165) is 0 Å². The second kappa shape index (κ2) is 3.54. The maximum atomic E-state index is 10.3. The van der Waals surface area contributed by atoms with Crippen molar-refractivity contribution in [1.82, 2.24) is 10.9 Å². The van der Waals surface area contributed by atoms with E-state index in [2.05, 4.69) is 10.9 Å². The number of hydrazine groups is 1. The molecule has 0 saturated heterocycles. The van der Waals surface area contributed by atoms with Crippen LogP contribution in [0.3, 0.4) is 0 Å². The van der Waals surface area contributed by atoms with Gasteiger partial charge in [0.2, 0.25) is 0 Å². The summed E-state index contributed by atoms with van der Waals surface area (Å²) < 4.78 is 0. The highest BCUT2D eigenvalue weighted by molar-refractivity contribution is 5.80. The van der Waals surface area contributed by atoms with E-state index in [1.165, 1.54) is 6.92 Å². The van der Waals surface area contributed by atoms with Crippen molar-refractivity contribution < 1.29 is 4.79 Å². The highest BCUT2D eigenvalue weighted by Crippen LogP contribution is 1.68. The van der Waals surface area contributed by atoms with Gasteiger partial charge in [-0.15, -0.1) is 0 Å². The van der Waals surface area contributed by atoms with Crippen LogP contribution in [0.2, 0.25) is 0 Å². The smallest absolute Gasteiger partial charge is 0.162 e. The molecule has 0 radical (unpaired) electrons. The quantitative estimate of drug-likeness (QED) is 0.313. The third kappa shape index (κ3) is 2.68. The fourth-order valence-electron chi connectivity index (χ4n) is 0.257. The van der Waals surface area contributed by atoms with Crippen LogP contribution in [-0.2, 0) is 4.79 Å². The summed E-state index contributed by atoms with van der Waals surface area (Å²) in [7, 11) is 1.66. The van der Waals surface area contributed by atoms with Crippen LogP contribution < -0.4 is 16.6 Å². The van der Waals surface area contributed by atoms with Gasteiger partial charge in [-0.1, -0.05) is 0 Å². The summed E-state index contributed by atoms with van der Waals surface area (Å²) in [6, 6.07) is 0. The fourth-order valence-corrected chi connectivity index (χ4v) is 0.257. The summed E-state index contributed by atoms with van der Waals surface area (Å²) in [4.78, 5) is 10.3. The van der Waals surface area contributed by atoms with Crippen molar-refractivity contribution in [3.63, 3.8) is 0 Å². The second-order valence-corrected chi connectivity index (χ2v) is 1.48. The van der Waals surface area contributed by atoms with Crippen LogP contribution in [0.5, 0.6) is 0 Å². The number of nitrogens with two attached hydrogens (primary N) is 1. The van der Waals surface area contributed by atoms with Crippen LogP contribution in [0.25, 0.3) is 0 Å². The third-order valence-corrected chi connectivity index (χ3v) is 0.738. The zero-order valence-electron chi connectivity index (χ0n) is 5.06. The Morgan fingerprint density at radius 3 is 2.38 bits per heavy atom. The molecule has 8 heavy (non-hydrogen) atoms. The van der Waals surface area contributed by atoms with Crippen molar-refractivity contribution >= 4 is 5.78 Å². The number of Topliss-reactive ketones (excluding diaryl/α,β-unsaturated/α-hetero) is 1. The van der Waals surface area contributed by atoms with Crippen LogP contribution in [0.15, 0.2) is 0 Å². The molecule has 4 nitrogen and oxygen atoms in total. The molecule has 0 amide bonds. The molecular weight excluding hydrogens is 106 g/mol. The van der Waals surface area contributed by atoms with E-state index in [0.29, 0.717) is 0 Å². The molecule has 48 valence electrons. The highest BCUT2D eigenvalue weighted by atomic mass is 16.1. The molecule has 0 aliphatic heterocycles. The second-order valence-electron chi connectivity index (χ2n) is 1.48. The SMILES string of the molecule is CNNC(N)C(C)=O. The van der Waals surface area contributed by atoms with Gasteiger partial charge in [0, 0.05) is 0 Å². The number of hydrogen-bond donors (Lipinski definition) is 3. The molecule has 0 heterocycles. The molecule has 0 aliphatic carbocycles. The van der Waals surface area contributed by atoms with Gasteiger partial charge in [0.25, 0.3) is 0 Å². The Kier molecular flexibility index (Phi) is 3.34. The molecule has 0 saturated carbocycles. The predicted octanol–water partition coefficient (Wildman–Crippen LogP) is -1.42. The summed E-state index contributed by atoms with van der Waals surface area (Å²) in [5, 5.41) is 0. The van der Waals surface area contributed by atoms with Gasteiger partial charge >= 0.3 is 0 Å². The van der Waals surface area contributed by atoms with Crippen molar-refractivity contribution in [3.8, 4) is 0 Å². The zero-order chi connectivity index (χ0) is 6.57. The molecule has 0 aliphatic rings. The average molecular weight is 117 g/mol. The van der Waals surface area contributed by atoms with E-state index >= 15 is 0 Å². The molecule has 0 aromatic heterocycles. The Bertz CT molecular complexity index is 83.4. The number of hydrogen-bond acceptors (Lipinski definition) is 4. The summed E-state index contributed by atoms with van der Waals surface area (Å²) in [5.74, 6) is -0.0839. The molecule has 4 N–H and O–H groups in total. The first-order valence-corrected chi connectivity index (χ1v) is 2.36. The van der Waals surface area contributed by atoms with Crippen molar-refractivity contribution in [2.45, 2.75) is 13.1 Å². The van der Waals surface area contributed by atoms with Gasteiger partial charge in [-0.05, 0) is 14.0 Å². The molecule has 0 aromatic carbocycles. The van der Waals surface area contributed by atoms with E-state index < -0.39 is 6.17 Å². The number of rotatable bonds is 3. The minimum Gasteiger partial charge on any atom is -0.309 e. The third-order valence-electron chi connectivity index (χ3n) is 0.738. The van der Waals surface area contributed by atoms with Crippen molar-refractivity contribution in [3.05, 3.63) is 0 Å². The number of ketones is 1. The summed E-state index contributed by atoms with van der Waals surface area (Å²) in [6.45, 7) is 1.43. The molecule has 0 spiro atoms. The van der Waals surface area contributed by atoms with Gasteiger partial charge in [0.05, 0.1) is 0 Å². The number of carbonyl (C=O) groups excluding carboxylic acids is 1. The lowest BCUT2D eigenvalue weighted by molar-refractivity contribution is -0.119. The van der Waals surface area contributed by atoms with Crippen molar-refractivity contribution in [2.24, 2.45) is 5.73 Å². The lowest BCUT2D eigenvalue weighted by atomic mass is 10.4. The van der Waals surface area contributed by atoms with Crippen LogP contribution in [0, 0.1) is 0 Å². The zero-order valence-corrected chi connectivity index (χ0v) is 5.06. The highest BCUT2D eigenvalue weighted by Gasteiger charge is 2.02. The van der Waals surface area contributed by atoms with Gasteiger partial charge in [-0.3, -0.25) is 10.2 Å². The van der Waals surface area contributed by atoms with Crippen molar-refractivity contribution in [1.29, 1.82) is 0 Å². The summed E-state index contributed by atoms with van der Waals surface area (Å²) in [5.41, 5.74) is 10.3. The van der Waals surface area contributed by atoms with Crippen LogP contribution in [0.1, 0.15) is 6.92 Å². The van der Waals surface area contributed by atoms with Crippen molar-refractivity contribution in [2.75, 3.05) is 7.05 Å². The minimum absolute atomic E-state index is 0.0839. The van der Waals surface area contributed by atoms with E-state index in [1.54, 1.807) is 7.05 Å². The van der Waals surface area contributed by atoms with E-state index in [-0.39, 0.29) is 5.78 Å². The van der Waals surface area contributed by atoms with Gasteiger partial charge in [0.15, 0.2) is 5.78 Å². The topological polar surface area (TPSA) is 67.2 Å². The number of carbonyl (C=O) groups is 1. The van der Waals surface area contributed by atoms with Crippen LogP contribution >= 0.6 is 0 Å². The Morgan fingerprint density at radius 1 is 1.75 bits per heavy atom. The molecule has 0 bridgehead atoms. The number of nitrogens with one attached hydrogen (secondary N) is 2. The Balaban J connectivity index is 3.32. The van der Waals surface area contributed by atoms with Gasteiger partial charge in [-0.25, -0.2) is 5.43 Å². The molecule has 1 unspecified atom stereocenters. The normalized spacial score (nSPS) is 13.4. The first-order valence-electron chi connectivity index (χ1n) is 2.36. The molecule has 1 atom stereocenters. The predicted molar refractivity (Wildman–Crippen MR) is 30.9 cm³/mol. The van der Waals surface area contributed by atoms with Gasteiger partial charge in [-0.2, -0.15) is 0 Å². The van der Waals surface area contributed by atoms with Crippen LogP contribution in [-0.4, -0.2) is 19.0 Å². The first kappa shape index (κ1) is 7.55. The molecular formula is C4H11N3O. The largest absolute Gasteiger partial charge is 0.309 e. The molecule has 0 aromatic rings. The maximum absolute atomic E-state index is 10.3. The molecule has 4 heteroatoms. The minimum atomic E-state index is -0.583. The van der Waals surface area contributed by atoms with Crippen LogP contribution in [0.4, 0.5) is 0 Å².